The lowest BCUT2D eigenvalue weighted by Gasteiger charge is -2.18. The number of unbranched alkanes of at least 4 members (excludes halogenated alkanes) is 24. The number of rotatable bonds is 59. The van der Waals surface area contributed by atoms with Crippen LogP contribution in [0.25, 0.3) is 0 Å². The first-order valence-electron chi connectivity index (χ1n) is 33.3. The van der Waals surface area contributed by atoms with Crippen LogP contribution < -0.4 is 0 Å². The molecule has 0 aromatic heterocycles. The van der Waals surface area contributed by atoms with Crippen molar-refractivity contribution in [2.24, 2.45) is 0 Å². The molecule has 0 aliphatic carbocycles. The van der Waals surface area contributed by atoms with Crippen LogP contribution in [0.2, 0.25) is 0 Å². The van der Waals surface area contributed by atoms with Crippen molar-refractivity contribution in [2.75, 3.05) is 13.2 Å². The molecule has 0 aromatic rings. The summed E-state index contributed by atoms with van der Waals surface area (Å²) in [7, 11) is 0. The zero-order valence-corrected chi connectivity index (χ0v) is 52.5. The normalized spacial score (nSPS) is 13.1. The van der Waals surface area contributed by atoms with Gasteiger partial charge in [0, 0.05) is 19.3 Å². The lowest BCUT2D eigenvalue weighted by molar-refractivity contribution is -0.167. The minimum Gasteiger partial charge on any atom is -0.462 e. The topological polar surface area (TPSA) is 78.9 Å². The van der Waals surface area contributed by atoms with Gasteiger partial charge in [0.1, 0.15) is 13.2 Å². The molecule has 1 atom stereocenters. The van der Waals surface area contributed by atoms with Crippen LogP contribution in [0.1, 0.15) is 290 Å². The van der Waals surface area contributed by atoms with E-state index in [0.29, 0.717) is 19.3 Å². The van der Waals surface area contributed by atoms with E-state index in [4.69, 9.17) is 14.2 Å². The maximum Gasteiger partial charge on any atom is 0.306 e. The second kappa shape index (κ2) is 67.8. The van der Waals surface area contributed by atoms with Gasteiger partial charge in [-0.1, -0.05) is 276 Å². The quantitative estimate of drug-likeness (QED) is 0.0261. The van der Waals surface area contributed by atoms with Gasteiger partial charge in [0.05, 0.1) is 0 Å². The van der Waals surface area contributed by atoms with Crippen LogP contribution in [0.15, 0.2) is 146 Å². The van der Waals surface area contributed by atoms with Crippen molar-refractivity contribution in [1.29, 1.82) is 0 Å². The van der Waals surface area contributed by atoms with Gasteiger partial charge in [-0.3, -0.25) is 14.4 Å². The van der Waals surface area contributed by atoms with E-state index in [1.165, 1.54) is 89.9 Å². The Morgan fingerprint density at radius 1 is 0.259 bits per heavy atom. The fourth-order valence-electron chi connectivity index (χ4n) is 8.88. The Hall–Kier alpha value is -4.71. The SMILES string of the molecule is CC/C=C\C/C=C\C/C=C\C/C=C\C/C=C\C/C=C\C/C=C\CCCCCCCCCCCC(=O)OCC(COC(=O)CCCCCCC/C=C\CCCCCCCC)OC(=O)CCCCCC/C=C\C/C=C\C/C=C\C/C=C\CC. The maximum atomic E-state index is 12.9. The fraction of sp³-hybridized carbons (Fsp3) is 0.640. The van der Waals surface area contributed by atoms with Crippen molar-refractivity contribution in [3.8, 4) is 0 Å². The molecule has 0 aromatic carbocycles. The van der Waals surface area contributed by atoms with Gasteiger partial charge in [0.15, 0.2) is 6.10 Å². The molecule has 0 saturated heterocycles. The third kappa shape index (κ3) is 66.0. The van der Waals surface area contributed by atoms with Crippen LogP contribution >= 0.6 is 0 Å². The van der Waals surface area contributed by atoms with Crippen LogP contribution in [0.3, 0.4) is 0 Å². The van der Waals surface area contributed by atoms with Gasteiger partial charge >= 0.3 is 17.9 Å². The number of carbonyl (C=O) groups is 3. The Labute approximate surface area is 499 Å². The Kier molecular flexibility index (Phi) is 63.9. The van der Waals surface area contributed by atoms with E-state index in [-0.39, 0.29) is 31.1 Å². The fourth-order valence-corrected chi connectivity index (χ4v) is 8.88. The summed E-state index contributed by atoms with van der Waals surface area (Å²) in [6, 6.07) is 0. The van der Waals surface area contributed by atoms with Crippen LogP contribution in [0.4, 0.5) is 0 Å². The highest BCUT2D eigenvalue weighted by molar-refractivity contribution is 5.71. The van der Waals surface area contributed by atoms with Crippen molar-refractivity contribution in [2.45, 2.75) is 297 Å². The summed E-state index contributed by atoms with van der Waals surface area (Å²) in [6.07, 6.45) is 97.1. The molecule has 0 spiro atoms. The minimum absolute atomic E-state index is 0.0977. The molecule has 458 valence electrons. The molecule has 0 aliphatic heterocycles. The number of carbonyl (C=O) groups excluding carboxylic acids is 3. The average molecular weight is 1120 g/mol. The lowest BCUT2D eigenvalue weighted by atomic mass is 10.1. The van der Waals surface area contributed by atoms with E-state index < -0.39 is 6.10 Å². The van der Waals surface area contributed by atoms with Crippen molar-refractivity contribution in [1.82, 2.24) is 0 Å². The number of ether oxygens (including phenoxy) is 3. The van der Waals surface area contributed by atoms with E-state index in [9.17, 15) is 14.4 Å². The molecule has 6 nitrogen and oxygen atoms in total. The van der Waals surface area contributed by atoms with Crippen LogP contribution in [-0.2, 0) is 28.6 Å². The molecular weight excluding hydrogens is 997 g/mol. The summed E-state index contributed by atoms with van der Waals surface area (Å²) < 4.78 is 16.9. The molecule has 0 fully saturated rings. The van der Waals surface area contributed by atoms with Crippen molar-refractivity contribution in [3.05, 3.63) is 146 Å². The number of hydrogen-bond donors (Lipinski definition) is 0. The predicted octanol–water partition coefficient (Wildman–Crippen LogP) is 23.1. The van der Waals surface area contributed by atoms with E-state index in [0.717, 1.165) is 161 Å². The molecule has 0 heterocycles. The summed E-state index contributed by atoms with van der Waals surface area (Å²) in [5.74, 6) is -0.933. The van der Waals surface area contributed by atoms with Gasteiger partial charge in [0.25, 0.3) is 0 Å². The summed E-state index contributed by atoms with van der Waals surface area (Å²) in [6.45, 7) is 6.38. The first kappa shape index (κ1) is 76.3. The second-order valence-electron chi connectivity index (χ2n) is 21.6. The van der Waals surface area contributed by atoms with Gasteiger partial charge in [-0.05, 0) is 141 Å². The largest absolute Gasteiger partial charge is 0.462 e. The summed E-state index contributed by atoms with van der Waals surface area (Å²) in [4.78, 5) is 38.4. The first-order chi connectivity index (χ1) is 40.0. The monoisotopic (exact) mass is 1120 g/mol. The summed E-state index contributed by atoms with van der Waals surface area (Å²) in [5, 5.41) is 0. The second-order valence-corrected chi connectivity index (χ2v) is 21.6. The van der Waals surface area contributed by atoms with Crippen LogP contribution in [0, 0.1) is 0 Å². The molecule has 0 radical (unpaired) electrons. The molecule has 6 heteroatoms. The van der Waals surface area contributed by atoms with E-state index in [1.54, 1.807) is 0 Å². The van der Waals surface area contributed by atoms with Gasteiger partial charge in [-0.15, -0.1) is 0 Å². The van der Waals surface area contributed by atoms with Crippen molar-refractivity contribution < 1.29 is 28.6 Å². The summed E-state index contributed by atoms with van der Waals surface area (Å²) in [5.41, 5.74) is 0. The highest BCUT2D eigenvalue weighted by atomic mass is 16.6. The van der Waals surface area contributed by atoms with Crippen LogP contribution in [0.5, 0.6) is 0 Å². The molecule has 0 aliphatic rings. The Morgan fingerprint density at radius 3 is 0.765 bits per heavy atom. The van der Waals surface area contributed by atoms with Gasteiger partial charge in [-0.2, -0.15) is 0 Å². The van der Waals surface area contributed by atoms with Crippen LogP contribution in [-0.4, -0.2) is 37.2 Å². The van der Waals surface area contributed by atoms with E-state index >= 15 is 0 Å². The van der Waals surface area contributed by atoms with Gasteiger partial charge in [-0.25, -0.2) is 0 Å². The third-order valence-corrected chi connectivity index (χ3v) is 13.8. The predicted molar refractivity (Wildman–Crippen MR) is 352 cm³/mol. The zero-order chi connectivity index (χ0) is 58.5. The summed E-state index contributed by atoms with van der Waals surface area (Å²) >= 11 is 0. The molecular formula is C75H122O6. The molecule has 0 saturated carbocycles. The smallest absolute Gasteiger partial charge is 0.306 e. The standard InChI is InChI=1S/C75H122O6/c1-4-7-10-13-16-19-22-25-28-30-31-32-33-34-35-36-37-38-39-40-41-42-43-45-47-50-53-56-59-62-65-68-74(77)80-71-72(70-79-73(76)67-64-61-58-55-52-49-46-27-24-21-18-15-12-9-6-3)81-75(78)69-66-63-60-57-54-51-48-44-29-26-23-20-17-14-11-8-5-2/h7-8,10-11,16-17,19-20,25-29,31-32,34-35,37-38,40-41,46,48,51,72H,4-6,9,12-15,18,21-24,30,33,36,39,42-45,47,49-50,52-71H2,1-3H3/b10-7-,11-8-,19-16-,20-17-,28-25-,29-26-,32-31-,35-34-,38-37-,41-40-,46-27-,51-48-. The molecule has 0 N–H and O–H groups in total. The lowest BCUT2D eigenvalue weighted by Crippen LogP contribution is -2.30. The number of esters is 3. The average Bonchev–Trinajstić information content (AvgIpc) is 3.47. The highest BCUT2D eigenvalue weighted by Crippen LogP contribution is 2.15. The molecule has 0 bridgehead atoms. The molecule has 1 unspecified atom stereocenters. The molecule has 0 amide bonds. The molecule has 0 rings (SSSR count). The molecule has 81 heavy (non-hydrogen) atoms. The minimum atomic E-state index is -0.804. The Bertz CT molecular complexity index is 1760. The number of hydrogen-bond acceptors (Lipinski definition) is 6. The van der Waals surface area contributed by atoms with Crippen molar-refractivity contribution >= 4 is 17.9 Å². The van der Waals surface area contributed by atoms with E-state index in [1.807, 2.05) is 0 Å². The Morgan fingerprint density at radius 2 is 0.481 bits per heavy atom. The highest BCUT2D eigenvalue weighted by Gasteiger charge is 2.19. The Balaban J connectivity index is 4.36. The zero-order valence-electron chi connectivity index (χ0n) is 52.5. The van der Waals surface area contributed by atoms with Gasteiger partial charge < -0.3 is 14.2 Å². The number of allylic oxidation sites excluding steroid dienone is 24. The van der Waals surface area contributed by atoms with E-state index in [2.05, 4.69) is 167 Å². The van der Waals surface area contributed by atoms with Crippen molar-refractivity contribution in [3.63, 3.8) is 0 Å². The first-order valence-corrected chi connectivity index (χ1v) is 33.3. The van der Waals surface area contributed by atoms with Gasteiger partial charge in [0.2, 0.25) is 0 Å². The third-order valence-electron chi connectivity index (χ3n) is 13.8. The maximum absolute atomic E-state index is 12.9.